The second-order valence-electron chi connectivity index (χ2n) is 6.01. The first kappa shape index (κ1) is 30.6. The van der Waals surface area contributed by atoms with Gasteiger partial charge in [-0.1, -0.05) is 30.3 Å². The number of rotatable bonds is 7. The van der Waals surface area contributed by atoms with Gasteiger partial charge in [0.05, 0.1) is 40.7 Å². The quantitative estimate of drug-likeness (QED) is 0.137. The van der Waals surface area contributed by atoms with E-state index in [4.69, 9.17) is 33.6 Å². The third-order valence-corrected chi connectivity index (χ3v) is 3.87. The van der Waals surface area contributed by atoms with Gasteiger partial charge in [0, 0.05) is 5.56 Å². The number of hydrogen-bond acceptors (Lipinski definition) is 11. The summed E-state index contributed by atoms with van der Waals surface area (Å²) in [5.41, 5.74) is 1.02. The van der Waals surface area contributed by atoms with Crippen molar-refractivity contribution in [3.8, 4) is 29.3 Å². The van der Waals surface area contributed by atoms with Crippen molar-refractivity contribution in [2.45, 2.75) is 0 Å². The zero-order valence-corrected chi connectivity index (χ0v) is 23.0. The summed E-state index contributed by atoms with van der Waals surface area (Å²) in [5, 5.41) is 9.20. The SMILES string of the molecule is CO/C=C(/C(=O)OC)c1ccccc1Oc1cc(Oc2ccccc2C#N)ncn1.[K+].[O-]P(O)O. The third kappa shape index (κ3) is 9.99. The second kappa shape index (κ2) is 16.3. The Balaban J connectivity index is 0.00000114. The summed E-state index contributed by atoms with van der Waals surface area (Å²) >= 11 is 0. The molecule has 3 aromatic rings. The molecule has 1 aromatic heterocycles. The molecule has 0 aliphatic heterocycles. The van der Waals surface area contributed by atoms with E-state index in [0.717, 1.165) is 0 Å². The molecule has 0 aliphatic rings. The van der Waals surface area contributed by atoms with E-state index in [9.17, 15) is 10.1 Å². The van der Waals surface area contributed by atoms with Crippen molar-refractivity contribution in [1.29, 1.82) is 5.26 Å². The summed E-state index contributed by atoms with van der Waals surface area (Å²) in [5.74, 6) is 0.520. The van der Waals surface area contributed by atoms with Gasteiger partial charge >= 0.3 is 57.4 Å². The number of ether oxygens (including phenoxy) is 4. The van der Waals surface area contributed by atoms with Crippen LogP contribution in [0.5, 0.6) is 23.3 Å². The number of benzene rings is 2. The molecule has 0 bridgehead atoms. The molecule has 35 heavy (non-hydrogen) atoms. The molecule has 0 amide bonds. The zero-order valence-electron chi connectivity index (χ0n) is 19.0. The third-order valence-electron chi connectivity index (χ3n) is 3.87. The Labute approximate surface area is 245 Å². The molecule has 0 aliphatic carbocycles. The van der Waals surface area contributed by atoms with Crippen molar-refractivity contribution >= 4 is 20.1 Å². The van der Waals surface area contributed by atoms with Gasteiger partial charge in [0.25, 0.3) is 0 Å². The van der Waals surface area contributed by atoms with Crippen LogP contribution in [0.3, 0.4) is 0 Å². The number of para-hydroxylation sites is 2. The minimum absolute atomic E-state index is 0. The Kier molecular flexibility index (Phi) is 14.2. The number of carbonyl (C=O) groups is 1. The molecule has 0 radical (unpaired) electrons. The Hall–Kier alpha value is -2.43. The maximum atomic E-state index is 12.1. The van der Waals surface area contributed by atoms with Crippen LogP contribution in [0.15, 0.2) is 67.2 Å². The van der Waals surface area contributed by atoms with E-state index in [0.29, 0.717) is 22.6 Å². The predicted molar refractivity (Wildman–Crippen MR) is 118 cm³/mol. The van der Waals surface area contributed by atoms with E-state index in [2.05, 4.69) is 16.0 Å². The van der Waals surface area contributed by atoms with Gasteiger partial charge in [-0.15, -0.1) is 0 Å². The fourth-order valence-electron chi connectivity index (χ4n) is 2.54. The number of aromatic nitrogens is 2. The van der Waals surface area contributed by atoms with Gasteiger partial charge in [0.1, 0.15) is 29.5 Å². The van der Waals surface area contributed by atoms with Gasteiger partial charge in [-0.05, 0) is 18.2 Å². The molecule has 13 heteroatoms. The monoisotopic (exact) mass is 523 g/mol. The summed E-state index contributed by atoms with van der Waals surface area (Å²) < 4.78 is 21.4. The number of carbonyl (C=O) groups excluding carboxylic acids is 1. The zero-order chi connectivity index (χ0) is 24.9. The summed E-state index contributed by atoms with van der Waals surface area (Å²) in [6.07, 6.45) is 2.55. The number of methoxy groups -OCH3 is 2. The Bertz CT molecular complexity index is 1180. The van der Waals surface area contributed by atoms with Gasteiger partial charge in [-0.25, -0.2) is 14.8 Å². The van der Waals surface area contributed by atoms with Crippen molar-refractivity contribution in [1.82, 2.24) is 9.97 Å². The number of nitriles is 1. The Morgan fingerprint density at radius 2 is 1.57 bits per heavy atom. The molecule has 11 nitrogen and oxygen atoms in total. The van der Waals surface area contributed by atoms with Crippen LogP contribution in [0.2, 0.25) is 0 Å². The minimum Gasteiger partial charge on any atom is -0.786 e. The maximum absolute atomic E-state index is 12.1. The van der Waals surface area contributed by atoms with E-state index in [1.54, 1.807) is 48.5 Å². The molecule has 176 valence electrons. The minimum atomic E-state index is -2.87. The van der Waals surface area contributed by atoms with Gasteiger partial charge in [0.2, 0.25) is 11.8 Å². The van der Waals surface area contributed by atoms with Crippen LogP contribution < -0.4 is 65.8 Å². The van der Waals surface area contributed by atoms with Crippen LogP contribution >= 0.6 is 8.60 Å². The van der Waals surface area contributed by atoms with Crippen LogP contribution in [0, 0.1) is 11.3 Å². The topological polar surface area (TPSA) is 167 Å². The van der Waals surface area contributed by atoms with Crippen molar-refractivity contribution in [3.05, 3.63) is 78.3 Å². The van der Waals surface area contributed by atoms with Crippen molar-refractivity contribution in [3.63, 3.8) is 0 Å². The van der Waals surface area contributed by atoms with E-state index in [1.807, 2.05) is 0 Å². The molecule has 3 rings (SSSR count). The molecule has 0 unspecified atom stereocenters. The van der Waals surface area contributed by atoms with Crippen LogP contribution in [0.4, 0.5) is 0 Å². The number of esters is 1. The molecule has 1 heterocycles. The summed E-state index contributed by atoms with van der Waals surface area (Å²) in [6.45, 7) is 0. The molecular formula is C22H19KN3O8P. The van der Waals surface area contributed by atoms with E-state index >= 15 is 0 Å². The average molecular weight is 523 g/mol. The average Bonchev–Trinajstić information content (AvgIpc) is 2.83. The van der Waals surface area contributed by atoms with E-state index in [-0.39, 0.29) is 68.7 Å². The van der Waals surface area contributed by atoms with Crippen molar-refractivity contribution < 1.29 is 89.8 Å². The van der Waals surface area contributed by atoms with Crippen molar-refractivity contribution in [2.24, 2.45) is 0 Å². The normalized spacial score (nSPS) is 10.1. The molecule has 2 N–H and O–H groups in total. The molecular weight excluding hydrogens is 504 g/mol. The summed E-state index contributed by atoms with van der Waals surface area (Å²) in [6, 6.07) is 17.2. The van der Waals surface area contributed by atoms with Crippen molar-refractivity contribution in [2.75, 3.05) is 14.2 Å². The number of nitrogens with zero attached hydrogens (tertiary/aromatic N) is 3. The molecule has 0 atom stereocenters. The Morgan fingerprint density at radius 3 is 2.14 bits per heavy atom. The van der Waals surface area contributed by atoms with Crippen LogP contribution in [-0.4, -0.2) is 39.9 Å². The van der Waals surface area contributed by atoms with Gasteiger partial charge in [-0.3, -0.25) is 0 Å². The second-order valence-corrected chi connectivity index (χ2v) is 6.52. The maximum Gasteiger partial charge on any atom is 1.00 e. The van der Waals surface area contributed by atoms with Crippen LogP contribution in [0.25, 0.3) is 5.57 Å². The predicted octanol–water partition coefficient (Wildman–Crippen LogP) is -0.345. The fraction of sp³-hybridized carbons (Fsp3) is 0.0909. The van der Waals surface area contributed by atoms with Gasteiger partial charge < -0.3 is 33.6 Å². The molecule has 0 saturated heterocycles. The molecule has 2 aromatic carbocycles. The standard InChI is InChI=1S/C22H17N3O5.K.H2O3P/c1-27-13-17(22(26)28-2)16-8-4-6-10-19(16)30-21-11-20(24-14-25-21)29-18-9-5-3-7-15(18)12-23;;1-4(2)3/h3-11,13-14H,1-2H3;;1-2H/q;+1;-1/b17-13+;;. The molecule has 0 spiro atoms. The summed E-state index contributed by atoms with van der Waals surface area (Å²) in [4.78, 5) is 43.2. The fourth-order valence-corrected chi connectivity index (χ4v) is 2.54. The number of hydrogen-bond donors (Lipinski definition) is 2. The van der Waals surface area contributed by atoms with Gasteiger partial charge in [-0.2, -0.15) is 5.26 Å². The first-order chi connectivity index (χ1) is 16.4. The first-order valence-electron chi connectivity index (χ1n) is 9.32. The Morgan fingerprint density at radius 1 is 1.03 bits per heavy atom. The first-order valence-corrected chi connectivity index (χ1v) is 10.5. The largest absolute Gasteiger partial charge is 1.00 e. The van der Waals surface area contributed by atoms with E-state index < -0.39 is 14.6 Å². The van der Waals surface area contributed by atoms with E-state index in [1.165, 1.54) is 32.9 Å². The van der Waals surface area contributed by atoms with Gasteiger partial charge in [0.15, 0.2) is 0 Å². The summed E-state index contributed by atoms with van der Waals surface area (Å²) in [7, 11) is -0.160. The molecule has 0 saturated carbocycles. The smallest absolute Gasteiger partial charge is 0.786 e. The molecule has 0 fully saturated rings. The van der Waals surface area contributed by atoms with Crippen LogP contribution in [0.1, 0.15) is 11.1 Å². The van der Waals surface area contributed by atoms with Crippen LogP contribution in [-0.2, 0) is 14.3 Å².